The third-order valence-electron chi connectivity index (χ3n) is 3.24. The minimum absolute atomic E-state index is 0.199. The molecule has 2 rings (SSSR count). The van der Waals surface area contributed by atoms with Crippen LogP contribution in [0, 0.1) is 11.3 Å². The molecule has 18 heavy (non-hydrogen) atoms. The third-order valence-corrected chi connectivity index (χ3v) is 3.24. The number of likely N-dealkylation sites (N-methyl/N-ethyl adjacent to an activating group) is 1. The smallest absolute Gasteiger partial charge is 0.101 e. The van der Waals surface area contributed by atoms with Crippen molar-refractivity contribution in [3.8, 4) is 6.07 Å². The van der Waals surface area contributed by atoms with Crippen molar-refractivity contribution in [2.24, 2.45) is 0 Å². The SMILES string of the molecule is CCN1CCOC(CNc2ccccc2C#N)C1. The predicted octanol–water partition coefficient (Wildman–Crippen LogP) is 1.69. The lowest BCUT2D eigenvalue weighted by atomic mass is 10.2. The molecule has 0 amide bonds. The van der Waals surface area contributed by atoms with Gasteiger partial charge in [-0.15, -0.1) is 0 Å². The summed E-state index contributed by atoms with van der Waals surface area (Å²) in [5, 5.41) is 12.3. The van der Waals surface area contributed by atoms with Crippen molar-refractivity contribution < 1.29 is 4.74 Å². The highest BCUT2D eigenvalue weighted by molar-refractivity contribution is 5.57. The van der Waals surface area contributed by atoms with Gasteiger partial charge in [-0.1, -0.05) is 19.1 Å². The van der Waals surface area contributed by atoms with E-state index in [4.69, 9.17) is 10.00 Å². The number of hydrogen-bond donors (Lipinski definition) is 1. The molecule has 0 radical (unpaired) electrons. The molecule has 0 aliphatic carbocycles. The summed E-state index contributed by atoms with van der Waals surface area (Å²) in [6.07, 6.45) is 0.199. The second-order valence-corrected chi connectivity index (χ2v) is 4.42. The van der Waals surface area contributed by atoms with E-state index in [1.54, 1.807) is 0 Å². The van der Waals surface area contributed by atoms with Gasteiger partial charge in [0.2, 0.25) is 0 Å². The average Bonchev–Trinajstić information content (AvgIpc) is 2.45. The lowest BCUT2D eigenvalue weighted by molar-refractivity contribution is -0.0191. The lowest BCUT2D eigenvalue weighted by Crippen LogP contribution is -2.45. The van der Waals surface area contributed by atoms with Crippen molar-refractivity contribution >= 4 is 5.69 Å². The average molecular weight is 245 g/mol. The molecule has 1 heterocycles. The second-order valence-electron chi connectivity index (χ2n) is 4.42. The molecule has 1 fully saturated rings. The zero-order valence-corrected chi connectivity index (χ0v) is 10.7. The molecule has 4 heteroatoms. The number of para-hydroxylation sites is 1. The van der Waals surface area contributed by atoms with Gasteiger partial charge in [0.25, 0.3) is 0 Å². The summed E-state index contributed by atoms with van der Waals surface area (Å²) in [7, 11) is 0. The Labute approximate surface area is 108 Å². The molecule has 0 bridgehead atoms. The fourth-order valence-electron chi connectivity index (χ4n) is 2.15. The minimum atomic E-state index is 0.199. The van der Waals surface area contributed by atoms with Crippen LogP contribution >= 0.6 is 0 Å². The first-order chi connectivity index (χ1) is 8.83. The van der Waals surface area contributed by atoms with Gasteiger partial charge in [0.05, 0.1) is 24.0 Å². The summed E-state index contributed by atoms with van der Waals surface area (Å²) in [5.41, 5.74) is 1.57. The molecule has 1 aliphatic rings. The number of nitriles is 1. The Hall–Kier alpha value is -1.57. The molecule has 1 unspecified atom stereocenters. The molecule has 1 aliphatic heterocycles. The monoisotopic (exact) mass is 245 g/mol. The maximum Gasteiger partial charge on any atom is 0.101 e. The van der Waals surface area contributed by atoms with Crippen LogP contribution in [0.5, 0.6) is 0 Å². The highest BCUT2D eigenvalue weighted by Crippen LogP contribution is 2.14. The third kappa shape index (κ3) is 3.22. The van der Waals surface area contributed by atoms with Crippen LogP contribution in [0.25, 0.3) is 0 Å². The Morgan fingerprint density at radius 2 is 2.33 bits per heavy atom. The molecule has 1 saturated heterocycles. The number of hydrogen-bond acceptors (Lipinski definition) is 4. The molecule has 1 aromatic rings. The van der Waals surface area contributed by atoms with Crippen molar-refractivity contribution in [1.82, 2.24) is 4.90 Å². The topological polar surface area (TPSA) is 48.3 Å². The molecule has 0 aromatic heterocycles. The Bertz CT molecular complexity index is 427. The van der Waals surface area contributed by atoms with Gasteiger partial charge in [0.15, 0.2) is 0 Å². The number of nitrogens with zero attached hydrogens (tertiary/aromatic N) is 2. The van der Waals surface area contributed by atoms with Crippen molar-refractivity contribution in [3.63, 3.8) is 0 Å². The summed E-state index contributed by atoms with van der Waals surface area (Å²) in [5.74, 6) is 0. The highest BCUT2D eigenvalue weighted by Gasteiger charge is 2.19. The first-order valence-electron chi connectivity index (χ1n) is 6.40. The number of morpholine rings is 1. The largest absolute Gasteiger partial charge is 0.381 e. The summed E-state index contributed by atoms with van der Waals surface area (Å²) in [6, 6.07) is 9.75. The van der Waals surface area contributed by atoms with Crippen LogP contribution in [-0.4, -0.2) is 43.8 Å². The van der Waals surface area contributed by atoms with Crippen molar-refractivity contribution in [3.05, 3.63) is 29.8 Å². The van der Waals surface area contributed by atoms with E-state index < -0.39 is 0 Å². The zero-order valence-electron chi connectivity index (χ0n) is 10.7. The number of nitrogens with one attached hydrogen (secondary N) is 1. The fraction of sp³-hybridized carbons (Fsp3) is 0.500. The van der Waals surface area contributed by atoms with E-state index in [0.717, 1.165) is 38.5 Å². The van der Waals surface area contributed by atoms with Gasteiger partial charge < -0.3 is 10.1 Å². The Kier molecular flexibility index (Phi) is 4.57. The number of ether oxygens (including phenoxy) is 1. The second kappa shape index (κ2) is 6.39. The van der Waals surface area contributed by atoms with Crippen LogP contribution < -0.4 is 5.32 Å². The van der Waals surface area contributed by atoms with Gasteiger partial charge in [-0.2, -0.15) is 5.26 Å². The molecular formula is C14H19N3O. The van der Waals surface area contributed by atoms with E-state index in [1.165, 1.54) is 0 Å². The van der Waals surface area contributed by atoms with Crippen LogP contribution in [-0.2, 0) is 4.74 Å². The molecule has 0 saturated carbocycles. The van der Waals surface area contributed by atoms with E-state index in [0.29, 0.717) is 5.56 Å². The molecular weight excluding hydrogens is 226 g/mol. The molecule has 96 valence electrons. The molecule has 4 nitrogen and oxygen atoms in total. The van der Waals surface area contributed by atoms with E-state index >= 15 is 0 Å². The molecule has 1 N–H and O–H groups in total. The van der Waals surface area contributed by atoms with Gasteiger partial charge >= 0.3 is 0 Å². The first kappa shape index (κ1) is 12.9. The van der Waals surface area contributed by atoms with Crippen molar-refractivity contribution in [2.75, 3.05) is 38.1 Å². The lowest BCUT2D eigenvalue weighted by Gasteiger charge is -2.32. The van der Waals surface area contributed by atoms with Gasteiger partial charge in [0, 0.05) is 19.6 Å². The first-order valence-corrected chi connectivity index (χ1v) is 6.40. The van der Waals surface area contributed by atoms with Crippen LogP contribution in [0.2, 0.25) is 0 Å². The Balaban J connectivity index is 1.89. The maximum absolute atomic E-state index is 9.01. The maximum atomic E-state index is 9.01. The van der Waals surface area contributed by atoms with Crippen LogP contribution in [0.4, 0.5) is 5.69 Å². The molecule has 0 spiro atoms. The Morgan fingerprint density at radius 3 is 3.11 bits per heavy atom. The van der Waals surface area contributed by atoms with Crippen LogP contribution in [0.15, 0.2) is 24.3 Å². The van der Waals surface area contributed by atoms with Crippen molar-refractivity contribution in [2.45, 2.75) is 13.0 Å². The summed E-state index contributed by atoms with van der Waals surface area (Å²) < 4.78 is 5.72. The summed E-state index contributed by atoms with van der Waals surface area (Å²) in [4.78, 5) is 2.38. The predicted molar refractivity (Wildman–Crippen MR) is 71.5 cm³/mol. The van der Waals surface area contributed by atoms with Crippen LogP contribution in [0.3, 0.4) is 0 Å². The van der Waals surface area contributed by atoms with Gasteiger partial charge in [0.1, 0.15) is 6.07 Å². The summed E-state index contributed by atoms with van der Waals surface area (Å²) in [6.45, 7) is 6.74. The minimum Gasteiger partial charge on any atom is -0.381 e. The van der Waals surface area contributed by atoms with Gasteiger partial charge in [-0.3, -0.25) is 4.90 Å². The van der Waals surface area contributed by atoms with E-state index in [9.17, 15) is 0 Å². The van der Waals surface area contributed by atoms with Gasteiger partial charge in [-0.05, 0) is 18.7 Å². The van der Waals surface area contributed by atoms with Crippen LogP contribution in [0.1, 0.15) is 12.5 Å². The standard InChI is InChI=1S/C14H19N3O/c1-2-17-7-8-18-13(11-17)10-16-14-6-4-3-5-12(14)9-15/h3-6,13,16H,2,7-8,10-11H2,1H3. The number of rotatable bonds is 4. The highest BCUT2D eigenvalue weighted by atomic mass is 16.5. The van der Waals surface area contributed by atoms with E-state index in [1.807, 2.05) is 24.3 Å². The molecule has 1 aromatic carbocycles. The normalized spacial score (nSPS) is 20.3. The van der Waals surface area contributed by atoms with E-state index in [-0.39, 0.29) is 6.10 Å². The Morgan fingerprint density at radius 1 is 1.50 bits per heavy atom. The van der Waals surface area contributed by atoms with Crippen molar-refractivity contribution in [1.29, 1.82) is 5.26 Å². The van der Waals surface area contributed by atoms with E-state index in [2.05, 4.69) is 23.2 Å². The zero-order chi connectivity index (χ0) is 12.8. The quantitative estimate of drug-likeness (QED) is 0.877. The fourth-order valence-corrected chi connectivity index (χ4v) is 2.15. The van der Waals surface area contributed by atoms with Gasteiger partial charge in [-0.25, -0.2) is 0 Å². The molecule has 1 atom stereocenters. The number of benzene rings is 1. The number of anilines is 1. The summed E-state index contributed by atoms with van der Waals surface area (Å²) >= 11 is 0.